The fourth-order valence-electron chi connectivity index (χ4n) is 6.88. The summed E-state index contributed by atoms with van der Waals surface area (Å²) in [4.78, 5) is 12.8. The first-order valence-electron chi connectivity index (χ1n) is 9.56. The summed E-state index contributed by atoms with van der Waals surface area (Å²) >= 11 is 0. The molecule has 24 heavy (non-hydrogen) atoms. The Morgan fingerprint density at radius 3 is 2.75 bits per heavy atom. The molecule has 4 nitrogen and oxygen atoms in total. The van der Waals surface area contributed by atoms with Gasteiger partial charge in [0, 0.05) is 17.8 Å². The maximum atomic E-state index is 12.8. The summed E-state index contributed by atoms with van der Waals surface area (Å²) in [6.45, 7) is 7.12. The van der Waals surface area contributed by atoms with Crippen molar-refractivity contribution < 1.29 is 19.4 Å². The van der Waals surface area contributed by atoms with Gasteiger partial charge in [0.1, 0.15) is 11.5 Å². The highest BCUT2D eigenvalue weighted by Crippen LogP contribution is 2.72. The summed E-state index contributed by atoms with van der Waals surface area (Å²) in [5.41, 5.74) is 0.902. The van der Waals surface area contributed by atoms with Gasteiger partial charge in [0.15, 0.2) is 5.79 Å². The average molecular weight is 332 g/mol. The third kappa shape index (κ3) is 1.48. The molecule has 3 aliphatic carbocycles. The van der Waals surface area contributed by atoms with Crippen LogP contribution in [-0.2, 0) is 14.3 Å². The summed E-state index contributed by atoms with van der Waals surface area (Å²) in [6.07, 6.45) is 8.28. The van der Waals surface area contributed by atoms with Crippen molar-refractivity contribution in [3.8, 4) is 0 Å². The van der Waals surface area contributed by atoms with Crippen LogP contribution >= 0.6 is 0 Å². The van der Waals surface area contributed by atoms with E-state index in [9.17, 15) is 9.90 Å². The van der Waals surface area contributed by atoms with Crippen LogP contribution in [-0.4, -0.2) is 29.6 Å². The molecule has 5 fully saturated rings. The number of hydrogen-bond acceptors (Lipinski definition) is 4. The second kappa shape index (κ2) is 4.27. The summed E-state index contributed by atoms with van der Waals surface area (Å²) in [7, 11) is 0. The number of ether oxygens (including phenoxy) is 2. The van der Waals surface area contributed by atoms with Gasteiger partial charge in [-0.3, -0.25) is 4.79 Å². The fraction of sp³-hybridized carbons (Fsp3) is 0.850. The van der Waals surface area contributed by atoms with E-state index in [1.54, 1.807) is 0 Å². The van der Waals surface area contributed by atoms with Gasteiger partial charge in [-0.25, -0.2) is 0 Å². The van der Waals surface area contributed by atoms with Crippen molar-refractivity contribution >= 4 is 5.97 Å². The SMILES string of the molecule is CC[C@]1(C)CC[C@@H]2C(=C[C@H]3OC(=O)[C@]4(C)[C@H]3[C@]23CC[C@]4(O)OC3)C1. The molecule has 3 saturated heterocycles. The van der Waals surface area contributed by atoms with E-state index in [0.29, 0.717) is 24.4 Å². The second-order valence-electron chi connectivity index (χ2n) is 9.53. The molecule has 132 valence electrons. The van der Waals surface area contributed by atoms with Crippen molar-refractivity contribution in [3.05, 3.63) is 11.6 Å². The summed E-state index contributed by atoms with van der Waals surface area (Å²) < 4.78 is 11.8. The molecule has 0 radical (unpaired) electrons. The zero-order chi connectivity index (χ0) is 17.0. The molecule has 0 aromatic carbocycles. The Bertz CT molecular complexity index is 644. The number of rotatable bonds is 1. The maximum absolute atomic E-state index is 12.8. The second-order valence-corrected chi connectivity index (χ2v) is 9.53. The Hall–Kier alpha value is -0.870. The number of esters is 1. The zero-order valence-electron chi connectivity index (χ0n) is 14.9. The van der Waals surface area contributed by atoms with Crippen molar-refractivity contribution in [3.63, 3.8) is 0 Å². The van der Waals surface area contributed by atoms with Crippen LogP contribution in [0.1, 0.15) is 59.3 Å². The fourth-order valence-corrected chi connectivity index (χ4v) is 6.88. The number of aliphatic hydroxyl groups is 1. The third-order valence-electron chi connectivity index (χ3n) is 8.60. The molecule has 3 heterocycles. The van der Waals surface area contributed by atoms with Gasteiger partial charge in [0.25, 0.3) is 0 Å². The average Bonchev–Trinajstić information content (AvgIpc) is 2.83. The highest BCUT2D eigenvalue weighted by molar-refractivity contribution is 5.82. The largest absolute Gasteiger partial charge is 0.457 e. The minimum Gasteiger partial charge on any atom is -0.457 e. The standard InChI is InChI=1S/C20H28O4/c1-4-17(2)6-5-13-12(10-17)9-14-15-18(3,16(21)24-14)20(22)8-7-19(13,15)11-23-20/h9,13-15,22H,4-8,10-11H2,1-3H3/t13-,14-,15+,17-,18+,19+,20+/m1/s1. The zero-order valence-corrected chi connectivity index (χ0v) is 14.9. The van der Waals surface area contributed by atoms with Crippen LogP contribution in [0.5, 0.6) is 0 Å². The van der Waals surface area contributed by atoms with E-state index in [0.717, 1.165) is 12.8 Å². The van der Waals surface area contributed by atoms with Crippen molar-refractivity contribution in [1.29, 1.82) is 0 Å². The molecular formula is C20H28O4. The van der Waals surface area contributed by atoms with Crippen LogP contribution in [0.4, 0.5) is 0 Å². The number of carbonyl (C=O) groups excluding carboxylic acids is 1. The summed E-state index contributed by atoms with van der Waals surface area (Å²) in [5, 5.41) is 11.0. The van der Waals surface area contributed by atoms with Crippen molar-refractivity contribution in [2.45, 2.75) is 71.2 Å². The smallest absolute Gasteiger partial charge is 0.318 e. The highest BCUT2D eigenvalue weighted by atomic mass is 16.6. The van der Waals surface area contributed by atoms with Crippen molar-refractivity contribution in [2.24, 2.45) is 28.1 Å². The Kier molecular flexibility index (Phi) is 2.74. The van der Waals surface area contributed by atoms with Crippen molar-refractivity contribution in [1.82, 2.24) is 0 Å². The van der Waals surface area contributed by atoms with Gasteiger partial charge < -0.3 is 14.6 Å². The first-order chi connectivity index (χ1) is 11.3. The Morgan fingerprint density at radius 1 is 1.29 bits per heavy atom. The van der Waals surface area contributed by atoms with Gasteiger partial charge in [-0.1, -0.05) is 25.8 Å². The van der Waals surface area contributed by atoms with E-state index >= 15 is 0 Å². The topological polar surface area (TPSA) is 55.8 Å². The molecule has 0 aromatic heterocycles. The predicted molar refractivity (Wildman–Crippen MR) is 87.9 cm³/mol. The maximum Gasteiger partial charge on any atom is 0.318 e. The Balaban J connectivity index is 1.66. The molecule has 3 aliphatic heterocycles. The lowest BCUT2D eigenvalue weighted by Gasteiger charge is -2.65. The molecule has 0 unspecified atom stereocenters. The normalized spacial score (nSPS) is 57.9. The van der Waals surface area contributed by atoms with Gasteiger partial charge in [-0.15, -0.1) is 0 Å². The highest BCUT2D eigenvalue weighted by Gasteiger charge is 2.78. The summed E-state index contributed by atoms with van der Waals surface area (Å²) in [5.74, 6) is -1.07. The van der Waals surface area contributed by atoms with Crippen LogP contribution < -0.4 is 0 Å². The molecule has 6 rings (SSSR count). The van der Waals surface area contributed by atoms with Crippen LogP contribution in [0.2, 0.25) is 0 Å². The minimum absolute atomic E-state index is 0.0325. The first-order valence-corrected chi connectivity index (χ1v) is 9.56. The van der Waals surface area contributed by atoms with E-state index in [1.807, 2.05) is 6.92 Å². The van der Waals surface area contributed by atoms with Crippen LogP contribution in [0.25, 0.3) is 0 Å². The van der Waals surface area contributed by atoms with Crippen LogP contribution in [0.15, 0.2) is 11.6 Å². The molecule has 1 spiro atoms. The summed E-state index contributed by atoms with van der Waals surface area (Å²) in [6, 6.07) is 0. The predicted octanol–water partition coefficient (Wildman–Crippen LogP) is 3.19. The monoisotopic (exact) mass is 332 g/mol. The molecular weight excluding hydrogens is 304 g/mol. The van der Waals surface area contributed by atoms with E-state index in [4.69, 9.17) is 9.47 Å². The van der Waals surface area contributed by atoms with Gasteiger partial charge in [0.05, 0.1) is 6.61 Å². The number of fused-ring (bicyclic) bond motifs is 3. The van der Waals surface area contributed by atoms with Crippen LogP contribution in [0, 0.1) is 28.1 Å². The third-order valence-corrected chi connectivity index (χ3v) is 8.60. The molecule has 6 aliphatic rings. The molecule has 7 atom stereocenters. The molecule has 2 bridgehead atoms. The molecule has 0 amide bonds. The minimum atomic E-state index is -1.34. The van der Waals surface area contributed by atoms with Gasteiger partial charge in [-0.2, -0.15) is 0 Å². The van der Waals surface area contributed by atoms with E-state index in [1.165, 1.54) is 24.8 Å². The molecule has 4 heteroatoms. The van der Waals surface area contributed by atoms with Crippen LogP contribution in [0.3, 0.4) is 0 Å². The number of allylic oxidation sites excluding steroid dienone is 1. The molecule has 2 saturated carbocycles. The van der Waals surface area contributed by atoms with E-state index in [2.05, 4.69) is 19.9 Å². The first kappa shape index (κ1) is 15.4. The Labute approximate surface area is 143 Å². The number of carbonyl (C=O) groups is 1. The quantitative estimate of drug-likeness (QED) is 0.592. The lowest BCUT2D eigenvalue weighted by atomic mass is 9.42. The lowest BCUT2D eigenvalue weighted by molar-refractivity contribution is -0.367. The van der Waals surface area contributed by atoms with E-state index < -0.39 is 11.2 Å². The Morgan fingerprint density at radius 2 is 2.08 bits per heavy atom. The lowest BCUT2D eigenvalue weighted by Crippen LogP contribution is -2.71. The molecule has 0 aromatic rings. The van der Waals surface area contributed by atoms with Gasteiger partial charge in [0.2, 0.25) is 0 Å². The van der Waals surface area contributed by atoms with Gasteiger partial charge >= 0.3 is 5.97 Å². The van der Waals surface area contributed by atoms with E-state index in [-0.39, 0.29) is 23.4 Å². The molecule has 1 N–H and O–H groups in total. The van der Waals surface area contributed by atoms with Gasteiger partial charge in [-0.05, 0) is 50.0 Å². The van der Waals surface area contributed by atoms with Crippen molar-refractivity contribution in [2.75, 3.05) is 6.61 Å². The number of hydrogen-bond donors (Lipinski definition) is 1.